The van der Waals surface area contributed by atoms with Crippen LogP contribution in [0.15, 0.2) is 0 Å². The molecule has 0 spiro atoms. The van der Waals surface area contributed by atoms with Crippen LogP contribution in [0, 0.1) is 11.8 Å². The second kappa shape index (κ2) is 5.59. The van der Waals surface area contributed by atoms with Crippen LogP contribution in [-0.2, 0) is 0 Å². The molecule has 2 rings (SSSR count). The summed E-state index contributed by atoms with van der Waals surface area (Å²) in [6.45, 7) is 1.68. The zero-order valence-corrected chi connectivity index (χ0v) is 10.2. The minimum atomic E-state index is -2.55. The highest BCUT2D eigenvalue weighted by Crippen LogP contribution is 2.39. The maximum atomic E-state index is 14.0. The van der Waals surface area contributed by atoms with E-state index in [0.717, 1.165) is 25.8 Å². The molecule has 3 unspecified atom stereocenters. The van der Waals surface area contributed by atoms with Crippen molar-refractivity contribution in [3.8, 4) is 0 Å². The summed E-state index contributed by atoms with van der Waals surface area (Å²) < 4.78 is 40.5. The quantitative estimate of drug-likeness (QED) is 0.806. The average Bonchev–Trinajstić information content (AvgIpc) is 2.29. The van der Waals surface area contributed by atoms with Crippen LogP contribution in [0.5, 0.6) is 0 Å². The van der Waals surface area contributed by atoms with Gasteiger partial charge in [0, 0.05) is 25.3 Å². The van der Waals surface area contributed by atoms with Crippen molar-refractivity contribution in [1.82, 2.24) is 5.32 Å². The van der Waals surface area contributed by atoms with E-state index in [-0.39, 0.29) is 24.7 Å². The maximum absolute atomic E-state index is 14.0. The van der Waals surface area contributed by atoms with Gasteiger partial charge in [-0.1, -0.05) is 0 Å². The molecule has 1 aliphatic heterocycles. The summed E-state index contributed by atoms with van der Waals surface area (Å²) in [5, 5.41) is 3.18. The second-order valence-electron chi connectivity index (χ2n) is 5.68. The molecular formula is C13H22F3N. The second-order valence-corrected chi connectivity index (χ2v) is 5.68. The van der Waals surface area contributed by atoms with Crippen molar-refractivity contribution in [3.05, 3.63) is 0 Å². The number of hydrogen-bond donors (Lipinski definition) is 1. The fraction of sp³-hybridized carbons (Fsp3) is 1.00. The molecule has 2 aliphatic rings. The van der Waals surface area contributed by atoms with Crippen LogP contribution in [0.3, 0.4) is 0 Å². The first-order valence-corrected chi connectivity index (χ1v) is 6.79. The van der Waals surface area contributed by atoms with Gasteiger partial charge in [0.15, 0.2) is 0 Å². The largest absolute Gasteiger partial charge is 0.316 e. The first-order chi connectivity index (χ1) is 8.07. The average molecular weight is 249 g/mol. The summed E-state index contributed by atoms with van der Waals surface area (Å²) in [5.74, 6) is -2.62. The Hall–Kier alpha value is -0.250. The molecule has 100 valence electrons. The summed E-state index contributed by atoms with van der Waals surface area (Å²) >= 11 is 0. The van der Waals surface area contributed by atoms with Gasteiger partial charge in [0.1, 0.15) is 6.17 Å². The lowest BCUT2D eigenvalue weighted by Gasteiger charge is -2.32. The van der Waals surface area contributed by atoms with Gasteiger partial charge >= 0.3 is 0 Å². The molecular weight excluding hydrogens is 227 g/mol. The third kappa shape index (κ3) is 3.87. The Morgan fingerprint density at radius 2 is 2.06 bits per heavy atom. The predicted octanol–water partition coefficient (Wildman–Crippen LogP) is 3.54. The van der Waals surface area contributed by atoms with E-state index in [1.54, 1.807) is 0 Å². The van der Waals surface area contributed by atoms with Crippen LogP contribution in [0.1, 0.15) is 44.9 Å². The Morgan fingerprint density at radius 3 is 2.71 bits per heavy atom. The van der Waals surface area contributed by atoms with E-state index in [2.05, 4.69) is 5.32 Å². The van der Waals surface area contributed by atoms with Crippen molar-refractivity contribution < 1.29 is 13.2 Å². The normalized spacial score (nSPS) is 35.5. The van der Waals surface area contributed by atoms with Gasteiger partial charge in [0.2, 0.25) is 5.92 Å². The highest BCUT2D eigenvalue weighted by atomic mass is 19.3. The molecule has 0 bridgehead atoms. The molecule has 0 amide bonds. The molecule has 1 saturated carbocycles. The van der Waals surface area contributed by atoms with E-state index in [1.807, 2.05) is 0 Å². The molecule has 1 heterocycles. The molecule has 0 aromatic rings. The number of hydrogen-bond acceptors (Lipinski definition) is 1. The van der Waals surface area contributed by atoms with Crippen molar-refractivity contribution >= 4 is 0 Å². The van der Waals surface area contributed by atoms with Crippen LogP contribution < -0.4 is 5.32 Å². The van der Waals surface area contributed by atoms with E-state index in [0.29, 0.717) is 19.4 Å². The molecule has 1 saturated heterocycles. The molecule has 0 aromatic heterocycles. The highest BCUT2D eigenvalue weighted by molar-refractivity contribution is 4.83. The van der Waals surface area contributed by atoms with Crippen LogP contribution in [0.4, 0.5) is 13.2 Å². The molecule has 0 radical (unpaired) electrons. The first-order valence-electron chi connectivity index (χ1n) is 6.79. The standard InChI is InChI=1S/C13H22F3N/c14-12(11-4-2-6-17-9-11)7-10-3-1-5-13(15,16)8-10/h10-12,17H,1-9H2. The SMILES string of the molecule is FC(CC1CCCC(F)(F)C1)C1CCCNC1. The molecule has 3 atom stereocenters. The molecule has 1 nitrogen and oxygen atoms in total. The van der Waals surface area contributed by atoms with E-state index in [4.69, 9.17) is 0 Å². The fourth-order valence-corrected chi connectivity index (χ4v) is 3.18. The van der Waals surface area contributed by atoms with Crippen LogP contribution >= 0.6 is 0 Å². The molecule has 0 aromatic carbocycles. The van der Waals surface area contributed by atoms with Gasteiger partial charge < -0.3 is 5.32 Å². The fourth-order valence-electron chi connectivity index (χ4n) is 3.18. The zero-order valence-electron chi connectivity index (χ0n) is 10.2. The minimum Gasteiger partial charge on any atom is -0.316 e. The van der Waals surface area contributed by atoms with Crippen LogP contribution in [0.25, 0.3) is 0 Å². The Bertz CT molecular complexity index is 239. The Balaban J connectivity index is 1.79. The van der Waals surface area contributed by atoms with E-state index < -0.39 is 12.1 Å². The highest BCUT2D eigenvalue weighted by Gasteiger charge is 2.38. The van der Waals surface area contributed by atoms with E-state index in [9.17, 15) is 13.2 Å². The summed E-state index contributed by atoms with van der Waals surface area (Å²) in [5.41, 5.74) is 0. The third-order valence-corrected chi connectivity index (χ3v) is 4.15. The smallest absolute Gasteiger partial charge is 0.248 e. The summed E-state index contributed by atoms with van der Waals surface area (Å²) in [4.78, 5) is 0. The van der Waals surface area contributed by atoms with Crippen molar-refractivity contribution in [1.29, 1.82) is 0 Å². The van der Waals surface area contributed by atoms with Gasteiger partial charge in [-0.05, 0) is 44.6 Å². The minimum absolute atomic E-state index is 0.00850. The lowest BCUT2D eigenvalue weighted by Crippen LogP contribution is -2.37. The lowest BCUT2D eigenvalue weighted by molar-refractivity contribution is -0.0580. The first kappa shape index (κ1) is 13.2. The van der Waals surface area contributed by atoms with Gasteiger partial charge in [0.05, 0.1) is 0 Å². The number of nitrogens with one attached hydrogen (secondary N) is 1. The van der Waals surface area contributed by atoms with Crippen molar-refractivity contribution in [2.24, 2.45) is 11.8 Å². The predicted molar refractivity (Wildman–Crippen MR) is 62.0 cm³/mol. The number of rotatable bonds is 3. The maximum Gasteiger partial charge on any atom is 0.248 e. The van der Waals surface area contributed by atoms with Crippen molar-refractivity contribution in [3.63, 3.8) is 0 Å². The topological polar surface area (TPSA) is 12.0 Å². The Labute approximate surface area is 101 Å². The Morgan fingerprint density at radius 1 is 1.24 bits per heavy atom. The van der Waals surface area contributed by atoms with E-state index >= 15 is 0 Å². The van der Waals surface area contributed by atoms with Crippen molar-refractivity contribution in [2.75, 3.05) is 13.1 Å². The van der Waals surface area contributed by atoms with Crippen molar-refractivity contribution in [2.45, 2.75) is 57.0 Å². The monoisotopic (exact) mass is 249 g/mol. The van der Waals surface area contributed by atoms with Gasteiger partial charge in [-0.3, -0.25) is 0 Å². The number of halogens is 3. The molecule has 2 fully saturated rings. The van der Waals surface area contributed by atoms with E-state index in [1.165, 1.54) is 0 Å². The Kier molecular flexibility index (Phi) is 4.34. The van der Waals surface area contributed by atoms with Gasteiger partial charge in [-0.25, -0.2) is 13.2 Å². The molecule has 1 aliphatic carbocycles. The van der Waals surface area contributed by atoms with Gasteiger partial charge in [-0.15, -0.1) is 0 Å². The number of alkyl halides is 3. The molecule has 4 heteroatoms. The molecule has 1 N–H and O–H groups in total. The van der Waals surface area contributed by atoms with Crippen LogP contribution in [-0.4, -0.2) is 25.2 Å². The number of piperidine rings is 1. The van der Waals surface area contributed by atoms with Gasteiger partial charge in [0.25, 0.3) is 0 Å². The lowest BCUT2D eigenvalue weighted by atomic mass is 9.80. The molecule has 17 heavy (non-hydrogen) atoms. The summed E-state index contributed by atoms with van der Waals surface area (Å²) in [6, 6.07) is 0. The third-order valence-electron chi connectivity index (χ3n) is 4.15. The zero-order chi connectivity index (χ0) is 12.3. The van der Waals surface area contributed by atoms with Gasteiger partial charge in [-0.2, -0.15) is 0 Å². The summed E-state index contributed by atoms with van der Waals surface area (Å²) in [7, 11) is 0. The summed E-state index contributed by atoms with van der Waals surface area (Å²) in [6.07, 6.45) is 2.55. The van der Waals surface area contributed by atoms with Crippen LogP contribution in [0.2, 0.25) is 0 Å².